The third-order valence-electron chi connectivity index (χ3n) is 4.84. The van der Waals surface area contributed by atoms with Crippen LogP contribution in [0.25, 0.3) is 0 Å². The van der Waals surface area contributed by atoms with Crippen molar-refractivity contribution < 1.29 is 14.0 Å². The second-order valence-corrected chi connectivity index (χ2v) is 7.38. The third kappa shape index (κ3) is 2.97. The lowest BCUT2D eigenvalue weighted by Gasteiger charge is -2.32. The van der Waals surface area contributed by atoms with Gasteiger partial charge in [0.25, 0.3) is 0 Å². The van der Waals surface area contributed by atoms with Gasteiger partial charge in [-0.15, -0.1) is 0 Å². The average Bonchev–Trinajstić information content (AvgIpc) is 3.16. The van der Waals surface area contributed by atoms with Crippen molar-refractivity contribution in [2.45, 2.75) is 58.7 Å². The van der Waals surface area contributed by atoms with E-state index in [0.717, 1.165) is 23.7 Å². The first-order valence-corrected chi connectivity index (χ1v) is 7.87. The first-order valence-electron chi connectivity index (χ1n) is 7.87. The number of rotatable bonds is 4. The summed E-state index contributed by atoms with van der Waals surface area (Å²) in [6.07, 6.45) is 2.58. The second kappa shape index (κ2) is 5.03. The zero-order chi connectivity index (χ0) is 15.3. The Hall–Kier alpha value is -0.995. The molecule has 0 bridgehead atoms. The Balaban J connectivity index is 1.85. The molecule has 114 valence electrons. The first kappa shape index (κ1) is 14.9. The molecule has 21 heavy (non-hydrogen) atoms. The van der Waals surface area contributed by atoms with Gasteiger partial charge in [0.15, 0.2) is 0 Å². The van der Waals surface area contributed by atoms with Gasteiger partial charge in [-0.2, -0.15) is 0 Å². The van der Waals surface area contributed by atoms with Crippen LogP contribution < -0.4 is 10.2 Å². The molecule has 2 aliphatic rings. The van der Waals surface area contributed by atoms with E-state index in [4.69, 9.17) is 14.0 Å². The third-order valence-corrected chi connectivity index (χ3v) is 4.84. The summed E-state index contributed by atoms with van der Waals surface area (Å²) >= 11 is 0. The van der Waals surface area contributed by atoms with E-state index >= 15 is 0 Å². The Morgan fingerprint density at radius 2 is 1.76 bits per heavy atom. The maximum Gasteiger partial charge on any atom is 0.498 e. The number of ether oxygens (including phenoxy) is 1. The molecule has 3 rings (SSSR count). The molecule has 0 N–H and O–H groups in total. The van der Waals surface area contributed by atoms with E-state index in [1.807, 2.05) is 6.07 Å². The van der Waals surface area contributed by atoms with Crippen molar-refractivity contribution in [3.05, 3.63) is 23.8 Å². The van der Waals surface area contributed by atoms with Crippen molar-refractivity contribution in [1.29, 1.82) is 0 Å². The predicted octanol–water partition coefficient (Wildman–Crippen LogP) is 3.08. The molecule has 4 heteroatoms. The Kier molecular flexibility index (Phi) is 3.57. The zero-order valence-electron chi connectivity index (χ0n) is 13.7. The molecule has 1 heterocycles. The highest BCUT2D eigenvalue weighted by Gasteiger charge is 2.52. The van der Waals surface area contributed by atoms with Crippen LogP contribution >= 0.6 is 0 Å². The number of hydrogen-bond acceptors (Lipinski definition) is 3. The maximum atomic E-state index is 6.17. The normalized spacial score (nSPS) is 23.4. The second-order valence-electron chi connectivity index (χ2n) is 7.38. The SMILES string of the molecule is Cc1ccc(OCC2CC2)c(B2OC(C)(C)C(C)(C)O2)c1. The van der Waals surface area contributed by atoms with E-state index in [2.05, 4.69) is 46.8 Å². The van der Waals surface area contributed by atoms with Crippen molar-refractivity contribution in [2.24, 2.45) is 5.92 Å². The molecular weight excluding hydrogens is 263 g/mol. The molecule has 3 nitrogen and oxygen atoms in total. The van der Waals surface area contributed by atoms with E-state index in [1.54, 1.807) is 0 Å². The molecular formula is C17H25BO3. The summed E-state index contributed by atoms with van der Waals surface area (Å²) in [5.74, 6) is 1.63. The minimum absolute atomic E-state index is 0.324. The number of benzene rings is 1. The zero-order valence-corrected chi connectivity index (χ0v) is 13.7. The summed E-state index contributed by atoms with van der Waals surface area (Å²) in [6, 6.07) is 6.24. The van der Waals surface area contributed by atoms with Crippen molar-refractivity contribution in [3.8, 4) is 5.75 Å². The molecule has 0 amide bonds. The van der Waals surface area contributed by atoms with Crippen LogP contribution in [-0.2, 0) is 9.31 Å². The average molecular weight is 288 g/mol. The van der Waals surface area contributed by atoms with Gasteiger partial charge < -0.3 is 14.0 Å². The lowest BCUT2D eigenvalue weighted by Crippen LogP contribution is -2.41. The van der Waals surface area contributed by atoms with Gasteiger partial charge in [0.1, 0.15) is 5.75 Å². The molecule has 0 unspecified atom stereocenters. The Bertz CT molecular complexity index is 519. The smallest absolute Gasteiger partial charge is 0.494 e. The monoisotopic (exact) mass is 288 g/mol. The van der Waals surface area contributed by atoms with E-state index in [1.165, 1.54) is 18.4 Å². The Morgan fingerprint density at radius 1 is 1.14 bits per heavy atom. The van der Waals surface area contributed by atoms with Crippen LogP contribution in [0.1, 0.15) is 46.1 Å². The van der Waals surface area contributed by atoms with Crippen molar-refractivity contribution in [1.82, 2.24) is 0 Å². The van der Waals surface area contributed by atoms with Gasteiger partial charge in [-0.3, -0.25) is 0 Å². The van der Waals surface area contributed by atoms with Crippen molar-refractivity contribution in [3.63, 3.8) is 0 Å². The largest absolute Gasteiger partial charge is 0.498 e. The van der Waals surface area contributed by atoms with Gasteiger partial charge in [0.05, 0.1) is 17.8 Å². The van der Waals surface area contributed by atoms with Gasteiger partial charge in [0, 0.05) is 5.46 Å². The van der Waals surface area contributed by atoms with Crippen LogP contribution in [0.3, 0.4) is 0 Å². The lowest BCUT2D eigenvalue weighted by atomic mass is 9.77. The highest BCUT2D eigenvalue weighted by Crippen LogP contribution is 2.37. The highest BCUT2D eigenvalue weighted by molar-refractivity contribution is 6.63. The van der Waals surface area contributed by atoms with Gasteiger partial charge >= 0.3 is 7.12 Å². The van der Waals surface area contributed by atoms with E-state index in [0.29, 0.717) is 0 Å². The molecule has 1 aliphatic heterocycles. The molecule has 0 spiro atoms. The summed E-state index contributed by atoms with van der Waals surface area (Å²) < 4.78 is 18.3. The first-order chi connectivity index (χ1) is 9.78. The molecule has 1 aromatic rings. The van der Waals surface area contributed by atoms with Crippen LogP contribution in [-0.4, -0.2) is 24.9 Å². The summed E-state index contributed by atoms with van der Waals surface area (Å²) in [7, 11) is -0.357. The quantitative estimate of drug-likeness (QED) is 0.797. The molecule has 0 radical (unpaired) electrons. The van der Waals surface area contributed by atoms with Crippen LogP contribution in [0.5, 0.6) is 5.75 Å². The van der Waals surface area contributed by atoms with Crippen LogP contribution in [0.2, 0.25) is 0 Å². The van der Waals surface area contributed by atoms with Crippen molar-refractivity contribution >= 4 is 12.6 Å². The Morgan fingerprint density at radius 3 is 2.33 bits per heavy atom. The fourth-order valence-corrected chi connectivity index (χ4v) is 2.45. The highest BCUT2D eigenvalue weighted by atomic mass is 16.7. The predicted molar refractivity (Wildman–Crippen MR) is 85.1 cm³/mol. The van der Waals surface area contributed by atoms with Gasteiger partial charge in [-0.05, 0) is 59.4 Å². The molecule has 1 saturated carbocycles. The summed E-state index contributed by atoms with van der Waals surface area (Å²) in [4.78, 5) is 0. The molecule has 2 fully saturated rings. The number of hydrogen-bond donors (Lipinski definition) is 0. The Labute approximate surface area is 128 Å². The molecule has 0 atom stereocenters. The van der Waals surface area contributed by atoms with Crippen LogP contribution in [0.4, 0.5) is 0 Å². The summed E-state index contributed by atoms with van der Waals surface area (Å²) in [6.45, 7) is 11.2. The minimum Gasteiger partial charge on any atom is -0.494 e. The van der Waals surface area contributed by atoms with Crippen LogP contribution in [0, 0.1) is 12.8 Å². The molecule has 1 aromatic carbocycles. The molecule has 1 saturated heterocycles. The van der Waals surface area contributed by atoms with Gasteiger partial charge in [-0.25, -0.2) is 0 Å². The fourth-order valence-electron chi connectivity index (χ4n) is 2.45. The maximum absolute atomic E-state index is 6.17. The van der Waals surface area contributed by atoms with Gasteiger partial charge in [0.2, 0.25) is 0 Å². The van der Waals surface area contributed by atoms with E-state index in [-0.39, 0.29) is 18.3 Å². The molecule has 1 aliphatic carbocycles. The van der Waals surface area contributed by atoms with E-state index < -0.39 is 0 Å². The topological polar surface area (TPSA) is 27.7 Å². The standard InChI is InChI=1S/C17H25BO3/c1-12-6-9-15(19-11-13-7-8-13)14(10-12)18-20-16(2,3)17(4,5)21-18/h6,9-10,13H,7-8,11H2,1-5H3. The summed E-state index contributed by atoms with van der Waals surface area (Å²) in [5, 5.41) is 0. The van der Waals surface area contributed by atoms with Crippen molar-refractivity contribution in [2.75, 3.05) is 6.61 Å². The number of aryl methyl sites for hydroxylation is 1. The fraction of sp³-hybridized carbons (Fsp3) is 0.647. The van der Waals surface area contributed by atoms with Crippen LogP contribution in [0.15, 0.2) is 18.2 Å². The van der Waals surface area contributed by atoms with E-state index in [9.17, 15) is 0 Å². The lowest BCUT2D eigenvalue weighted by molar-refractivity contribution is 0.00578. The van der Waals surface area contributed by atoms with Gasteiger partial charge in [-0.1, -0.05) is 17.7 Å². The minimum atomic E-state index is -0.357. The molecule has 0 aromatic heterocycles. The summed E-state index contributed by atoms with van der Waals surface area (Å²) in [5.41, 5.74) is 1.55.